The molecule has 3 fully saturated rings. The van der Waals surface area contributed by atoms with Gasteiger partial charge in [0, 0.05) is 26.7 Å². The molecule has 2 N–H and O–H groups in total. The van der Waals surface area contributed by atoms with Crippen molar-refractivity contribution in [3.63, 3.8) is 0 Å². The van der Waals surface area contributed by atoms with Crippen molar-refractivity contribution in [3.05, 3.63) is 0 Å². The van der Waals surface area contributed by atoms with Crippen LogP contribution in [0.3, 0.4) is 0 Å². The van der Waals surface area contributed by atoms with Gasteiger partial charge in [-0.3, -0.25) is 9.59 Å². The highest BCUT2D eigenvalue weighted by molar-refractivity contribution is 5.86. The van der Waals surface area contributed by atoms with Crippen LogP contribution in [0.1, 0.15) is 38.5 Å². The third kappa shape index (κ3) is 2.98. The van der Waals surface area contributed by atoms with Crippen LogP contribution in [0.15, 0.2) is 0 Å². The number of hydrogen-bond donors (Lipinski definition) is 2. The molecule has 2 saturated heterocycles. The number of nitrogens with one attached hydrogen (secondary N) is 2. The highest BCUT2D eigenvalue weighted by Crippen LogP contribution is 2.45. The molecule has 5 nitrogen and oxygen atoms in total. The van der Waals surface area contributed by atoms with Crippen molar-refractivity contribution in [1.82, 2.24) is 15.5 Å². The SMILES string of the molecule is CNC(=O)C1CCCN(C(=O)[C@@]23CCCC[C@H]2CNC3)C1.Cl. The summed E-state index contributed by atoms with van der Waals surface area (Å²) in [5, 5.41) is 6.17. The van der Waals surface area contributed by atoms with Crippen LogP contribution in [0.2, 0.25) is 0 Å². The second-order valence-corrected chi connectivity index (χ2v) is 6.93. The summed E-state index contributed by atoms with van der Waals surface area (Å²) in [6.45, 7) is 3.24. The van der Waals surface area contributed by atoms with E-state index in [9.17, 15) is 9.59 Å². The minimum absolute atomic E-state index is 0. The maximum Gasteiger partial charge on any atom is 0.230 e. The summed E-state index contributed by atoms with van der Waals surface area (Å²) in [5.74, 6) is 0.861. The lowest BCUT2D eigenvalue weighted by atomic mass is 9.67. The van der Waals surface area contributed by atoms with E-state index >= 15 is 0 Å². The Morgan fingerprint density at radius 2 is 2.05 bits per heavy atom. The van der Waals surface area contributed by atoms with Crippen molar-refractivity contribution in [2.24, 2.45) is 17.3 Å². The summed E-state index contributed by atoms with van der Waals surface area (Å²) >= 11 is 0. The van der Waals surface area contributed by atoms with E-state index in [1.54, 1.807) is 7.05 Å². The summed E-state index contributed by atoms with van der Waals surface area (Å²) < 4.78 is 0. The quantitative estimate of drug-likeness (QED) is 0.799. The molecule has 0 spiro atoms. The number of nitrogens with zero attached hydrogens (tertiary/aromatic N) is 1. The van der Waals surface area contributed by atoms with Gasteiger partial charge in [0.1, 0.15) is 0 Å². The first-order valence-corrected chi connectivity index (χ1v) is 8.39. The third-order valence-electron chi connectivity index (χ3n) is 5.79. The Kier molecular flexibility index (Phi) is 5.72. The fourth-order valence-electron chi connectivity index (χ4n) is 4.56. The maximum atomic E-state index is 13.2. The van der Waals surface area contributed by atoms with Gasteiger partial charge in [-0.2, -0.15) is 0 Å². The van der Waals surface area contributed by atoms with E-state index in [2.05, 4.69) is 10.6 Å². The minimum Gasteiger partial charge on any atom is -0.359 e. The smallest absolute Gasteiger partial charge is 0.230 e. The van der Waals surface area contributed by atoms with Gasteiger partial charge >= 0.3 is 0 Å². The molecule has 1 unspecified atom stereocenters. The first kappa shape index (κ1) is 17.5. The van der Waals surface area contributed by atoms with E-state index in [-0.39, 0.29) is 29.6 Å². The lowest BCUT2D eigenvalue weighted by Crippen LogP contribution is -2.53. The number of hydrogen-bond acceptors (Lipinski definition) is 3. The molecule has 0 bridgehead atoms. The fraction of sp³-hybridized carbons (Fsp3) is 0.875. The number of fused-ring (bicyclic) bond motifs is 1. The highest BCUT2D eigenvalue weighted by atomic mass is 35.5. The van der Waals surface area contributed by atoms with Crippen LogP contribution in [0.4, 0.5) is 0 Å². The van der Waals surface area contributed by atoms with Crippen LogP contribution in [0, 0.1) is 17.3 Å². The van der Waals surface area contributed by atoms with Crippen molar-refractivity contribution in [3.8, 4) is 0 Å². The number of carbonyl (C=O) groups excluding carboxylic acids is 2. The molecule has 0 aromatic heterocycles. The van der Waals surface area contributed by atoms with Gasteiger partial charge in [0.25, 0.3) is 0 Å². The second kappa shape index (κ2) is 7.18. The molecule has 0 radical (unpaired) electrons. The number of likely N-dealkylation sites (tertiary alicyclic amines) is 1. The molecule has 3 aliphatic rings. The Labute approximate surface area is 139 Å². The van der Waals surface area contributed by atoms with E-state index in [1.807, 2.05) is 4.90 Å². The molecular formula is C16H28ClN3O2. The van der Waals surface area contributed by atoms with Crippen molar-refractivity contribution in [1.29, 1.82) is 0 Å². The zero-order valence-electron chi connectivity index (χ0n) is 13.4. The van der Waals surface area contributed by atoms with Crippen molar-refractivity contribution in [2.45, 2.75) is 38.5 Å². The maximum absolute atomic E-state index is 13.2. The van der Waals surface area contributed by atoms with Crippen LogP contribution < -0.4 is 10.6 Å². The molecule has 3 rings (SSSR count). The number of amides is 2. The molecule has 2 amide bonds. The molecule has 2 heterocycles. The summed E-state index contributed by atoms with van der Waals surface area (Å²) in [7, 11) is 1.68. The predicted molar refractivity (Wildman–Crippen MR) is 87.9 cm³/mol. The molecule has 22 heavy (non-hydrogen) atoms. The first-order chi connectivity index (χ1) is 10.2. The number of halogens is 1. The molecule has 0 aromatic carbocycles. The molecular weight excluding hydrogens is 302 g/mol. The molecule has 2 aliphatic heterocycles. The van der Waals surface area contributed by atoms with Crippen LogP contribution >= 0.6 is 12.4 Å². The van der Waals surface area contributed by atoms with E-state index in [4.69, 9.17) is 0 Å². The first-order valence-electron chi connectivity index (χ1n) is 8.39. The van der Waals surface area contributed by atoms with E-state index < -0.39 is 0 Å². The Morgan fingerprint density at radius 3 is 2.82 bits per heavy atom. The lowest BCUT2D eigenvalue weighted by molar-refractivity contribution is -0.148. The molecule has 126 valence electrons. The molecule has 3 atom stereocenters. The van der Waals surface area contributed by atoms with E-state index in [0.29, 0.717) is 18.4 Å². The monoisotopic (exact) mass is 329 g/mol. The van der Waals surface area contributed by atoms with Gasteiger partial charge < -0.3 is 15.5 Å². The van der Waals surface area contributed by atoms with Crippen LogP contribution in [0.25, 0.3) is 0 Å². The largest absolute Gasteiger partial charge is 0.359 e. The van der Waals surface area contributed by atoms with Gasteiger partial charge in [0.2, 0.25) is 11.8 Å². The Morgan fingerprint density at radius 1 is 1.23 bits per heavy atom. The zero-order chi connectivity index (χ0) is 14.9. The summed E-state index contributed by atoms with van der Waals surface area (Å²) in [5.41, 5.74) is -0.178. The van der Waals surface area contributed by atoms with E-state index in [1.165, 1.54) is 12.8 Å². The third-order valence-corrected chi connectivity index (χ3v) is 5.79. The molecule has 1 saturated carbocycles. The van der Waals surface area contributed by atoms with Crippen molar-refractivity contribution >= 4 is 24.2 Å². The number of piperidine rings is 1. The average Bonchev–Trinajstić information content (AvgIpc) is 2.98. The summed E-state index contributed by atoms with van der Waals surface area (Å²) in [6, 6.07) is 0. The zero-order valence-corrected chi connectivity index (χ0v) is 14.2. The van der Waals surface area contributed by atoms with E-state index in [0.717, 1.165) is 45.3 Å². The summed E-state index contributed by atoms with van der Waals surface area (Å²) in [4.78, 5) is 27.0. The summed E-state index contributed by atoms with van der Waals surface area (Å²) in [6.07, 6.45) is 6.45. The number of rotatable bonds is 2. The normalized spacial score (nSPS) is 34.5. The molecule has 0 aromatic rings. The van der Waals surface area contributed by atoms with Gasteiger partial charge in [-0.25, -0.2) is 0 Å². The second-order valence-electron chi connectivity index (χ2n) is 6.93. The standard InChI is InChI=1S/C16H27N3O2.ClH/c1-17-14(20)12-5-4-8-19(10-12)15(21)16-7-3-2-6-13(16)9-18-11-16;/h12-13,18H,2-11H2,1H3,(H,17,20);1H/t12?,13-,16+;/m0./s1. The fourth-order valence-corrected chi connectivity index (χ4v) is 4.56. The van der Waals surface area contributed by atoms with Gasteiger partial charge in [-0.1, -0.05) is 12.8 Å². The van der Waals surface area contributed by atoms with Crippen LogP contribution in [-0.2, 0) is 9.59 Å². The molecule has 1 aliphatic carbocycles. The topological polar surface area (TPSA) is 61.4 Å². The Bertz CT molecular complexity index is 432. The van der Waals surface area contributed by atoms with Crippen molar-refractivity contribution < 1.29 is 9.59 Å². The van der Waals surface area contributed by atoms with Gasteiger partial charge in [-0.15, -0.1) is 12.4 Å². The minimum atomic E-state index is -0.178. The Hall–Kier alpha value is -0.810. The lowest BCUT2D eigenvalue weighted by Gasteiger charge is -2.43. The van der Waals surface area contributed by atoms with Gasteiger partial charge in [0.15, 0.2) is 0 Å². The Balaban J connectivity index is 0.00000176. The highest BCUT2D eigenvalue weighted by Gasteiger charge is 2.51. The number of carbonyl (C=O) groups is 2. The molecule has 6 heteroatoms. The van der Waals surface area contributed by atoms with Gasteiger partial charge in [-0.05, 0) is 38.1 Å². The van der Waals surface area contributed by atoms with Crippen LogP contribution in [0.5, 0.6) is 0 Å². The predicted octanol–water partition coefficient (Wildman–Crippen LogP) is 1.17. The van der Waals surface area contributed by atoms with Gasteiger partial charge in [0.05, 0.1) is 11.3 Å². The van der Waals surface area contributed by atoms with Crippen LogP contribution in [-0.4, -0.2) is 49.9 Å². The van der Waals surface area contributed by atoms with Crippen molar-refractivity contribution in [2.75, 3.05) is 33.2 Å². The average molecular weight is 330 g/mol.